The van der Waals surface area contributed by atoms with Gasteiger partial charge in [0.15, 0.2) is 0 Å². The molecule has 2 aromatic carbocycles. The van der Waals surface area contributed by atoms with E-state index in [2.05, 4.69) is 4.98 Å². The predicted molar refractivity (Wildman–Crippen MR) is 142 cm³/mol. The minimum atomic E-state index is -2.82. The van der Waals surface area contributed by atoms with Crippen LogP contribution in [0.3, 0.4) is 0 Å². The fourth-order valence-corrected chi connectivity index (χ4v) is 4.95. The van der Waals surface area contributed by atoms with Gasteiger partial charge < -0.3 is 14.1 Å². The standard InChI is InChI=1S/C27H25N3O4S/c1-29-15-22(17-7-5-4-6-8-17)20(14-25(29)31)23-16-30(2)27(32)26-21(23)13-24(28-26)18-9-11-19(12-10-18)35(3,33)34/h4-16,28,33-34H,1-3H3. The van der Waals surface area contributed by atoms with Gasteiger partial charge in [0.1, 0.15) is 5.52 Å². The summed E-state index contributed by atoms with van der Waals surface area (Å²) in [6.07, 6.45) is 4.97. The number of hydrogen-bond acceptors (Lipinski definition) is 4. The van der Waals surface area contributed by atoms with E-state index in [1.807, 2.05) is 42.6 Å². The van der Waals surface area contributed by atoms with Crippen LogP contribution in [0, 0.1) is 0 Å². The average Bonchev–Trinajstić information content (AvgIpc) is 3.29. The van der Waals surface area contributed by atoms with E-state index in [9.17, 15) is 18.7 Å². The molecular weight excluding hydrogens is 462 g/mol. The molecule has 5 aromatic rings. The molecule has 0 aliphatic rings. The van der Waals surface area contributed by atoms with Crippen LogP contribution in [0.5, 0.6) is 0 Å². The summed E-state index contributed by atoms with van der Waals surface area (Å²) >= 11 is 0. The summed E-state index contributed by atoms with van der Waals surface area (Å²) in [5, 5.41) is 0.706. The van der Waals surface area contributed by atoms with E-state index in [-0.39, 0.29) is 11.1 Å². The number of fused-ring (bicyclic) bond motifs is 1. The van der Waals surface area contributed by atoms with Crippen molar-refractivity contribution in [1.82, 2.24) is 14.1 Å². The van der Waals surface area contributed by atoms with Crippen LogP contribution >= 0.6 is 10.6 Å². The van der Waals surface area contributed by atoms with Crippen molar-refractivity contribution in [3.8, 4) is 33.5 Å². The van der Waals surface area contributed by atoms with Crippen LogP contribution in [0.25, 0.3) is 44.4 Å². The number of H-pyrrole nitrogens is 1. The van der Waals surface area contributed by atoms with Gasteiger partial charge >= 0.3 is 0 Å². The SMILES string of the molecule is Cn1cc(-c2ccccc2)c(-c2cn(C)c(=O)c3[nH]c(-c4ccc(S(C)(O)O)cc4)cc23)cc1=O. The highest BCUT2D eigenvalue weighted by molar-refractivity contribution is 8.23. The first-order chi connectivity index (χ1) is 16.6. The van der Waals surface area contributed by atoms with Gasteiger partial charge in [0, 0.05) is 61.0 Å². The summed E-state index contributed by atoms with van der Waals surface area (Å²) in [4.78, 5) is 29.4. The molecule has 0 saturated carbocycles. The number of benzene rings is 2. The Balaban J connectivity index is 1.76. The smallest absolute Gasteiger partial charge is 0.274 e. The highest BCUT2D eigenvalue weighted by Crippen LogP contribution is 2.44. The molecule has 0 spiro atoms. The second kappa shape index (κ2) is 8.42. The second-order valence-corrected chi connectivity index (χ2v) is 10.8. The second-order valence-electron chi connectivity index (χ2n) is 8.70. The lowest BCUT2D eigenvalue weighted by atomic mass is 9.95. The van der Waals surface area contributed by atoms with E-state index < -0.39 is 10.6 Å². The summed E-state index contributed by atoms with van der Waals surface area (Å²) in [5.41, 5.74) is 4.97. The fraction of sp³-hybridized carbons (Fsp3) is 0.111. The highest BCUT2D eigenvalue weighted by Gasteiger charge is 2.18. The maximum atomic E-state index is 13.0. The molecule has 0 amide bonds. The van der Waals surface area contributed by atoms with Gasteiger partial charge in [0.2, 0.25) is 0 Å². The first-order valence-corrected chi connectivity index (χ1v) is 12.9. The van der Waals surface area contributed by atoms with Gasteiger partial charge in [-0.3, -0.25) is 18.7 Å². The summed E-state index contributed by atoms with van der Waals surface area (Å²) in [6, 6.07) is 20.2. The molecule has 3 N–H and O–H groups in total. The molecule has 0 aliphatic carbocycles. The number of aromatic nitrogens is 3. The van der Waals surface area contributed by atoms with Crippen molar-refractivity contribution >= 4 is 21.5 Å². The van der Waals surface area contributed by atoms with Crippen molar-refractivity contribution in [2.75, 3.05) is 6.26 Å². The van der Waals surface area contributed by atoms with Gasteiger partial charge in [-0.15, -0.1) is 0 Å². The molecule has 0 atom stereocenters. The molecule has 3 heterocycles. The van der Waals surface area contributed by atoms with Crippen molar-refractivity contribution in [3.63, 3.8) is 0 Å². The average molecular weight is 488 g/mol. The summed E-state index contributed by atoms with van der Waals surface area (Å²) in [7, 11) is 0.596. The molecule has 0 fully saturated rings. The number of aryl methyl sites for hydroxylation is 2. The summed E-state index contributed by atoms with van der Waals surface area (Å²) < 4.78 is 22.9. The number of nitrogens with one attached hydrogen (secondary N) is 1. The lowest BCUT2D eigenvalue weighted by Crippen LogP contribution is -2.18. The van der Waals surface area contributed by atoms with Crippen LogP contribution in [-0.4, -0.2) is 29.5 Å². The molecule has 8 heteroatoms. The quantitative estimate of drug-likeness (QED) is 0.320. The minimum Gasteiger partial charge on any atom is -0.350 e. The van der Waals surface area contributed by atoms with Crippen LogP contribution in [0.1, 0.15) is 0 Å². The number of hydrogen-bond donors (Lipinski definition) is 3. The van der Waals surface area contributed by atoms with Gasteiger partial charge in [0.05, 0.1) is 4.90 Å². The maximum absolute atomic E-state index is 13.0. The molecule has 3 aromatic heterocycles. The Labute approximate surface area is 203 Å². The van der Waals surface area contributed by atoms with Crippen molar-refractivity contribution < 1.29 is 9.11 Å². The van der Waals surface area contributed by atoms with Crippen molar-refractivity contribution in [1.29, 1.82) is 0 Å². The Morgan fingerprint density at radius 1 is 0.771 bits per heavy atom. The first-order valence-electron chi connectivity index (χ1n) is 11.0. The molecule has 0 bridgehead atoms. The molecule has 7 nitrogen and oxygen atoms in total. The van der Waals surface area contributed by atoms with Crippen LogP contribution in [0.2, 0.25) is 0 Å². The Bertz CT molecular complexity index is 1680. The third-order valence-electron chi connectivity index (χ3n) is 6.18. The summed E-state index contributed by atoms with van der Waals surface area (Å²) in [6.45, 7) is 0. The monoisotopic (exact) mass is 487 g/mol. The van der Waals surface area contributed by atoms with Crippen LogP contribution in [0.4, 0.5) is 0 Å². The third-order valence-corrected chi connectivity index (χ3v) is 7.35. The van der Waals surface area contributed by atoms with Gasteiger partial charge in [-0.1, -0.05) is 42.5 Å². The minimum absolute atomic E-state index is 0.147. The zero-order valence-electron chi connectivity index (χ0n) is 19.5. The van der Waals surface area contributed by atoms with Gasteiger partial charge in [-0.2, -0.15) is 10.6 Å². The number of rotatable bonds is 4. The van der Waals surface area contributed by atoms with E-state index in [0.29, 0.717) is 21.5 Å². The van der Waals surface area contributed by atoms with Gasteiger partial charge in [0.25, 0.3) is 11.1 Å². The predicted octanol–water partition coefficient (Wildman–Crippen LogP) is 5.31. The molecule has 5 rings (SSSR count). The Hall–Kier alpha value is -3.85. The lowest BCUT2D eigenvalue weighted by molar-refractivity contribution is 0.495. The van der Waals surface area contributed by atoms with Crippen molar-refractivity contribution in [3.05, 3.63) is 99.8 Å². The fourth-order valence-electron chi connectivity index (χ4n) is 4.30. The molecule has 0 saturated heterocycles. The highest BCUT2D eigenvalue weighted by atomic mass is 32.3. The summed E-state index contributed by atoms with van der Waals surface area (Å²) in [5.74, 6) is 0. The van der Waals surface area contributed by atoms with Crippen LogP contribution in [-0.2, 0) is 14.1 Å². The Morgan fingerprint density at radius 2 is 1.43 bits per heavy atom. The van der Waals surface area contributed by atoms with Crippen LogP contribution < -0.4 is 11.1 Å². The Morgan fingerprint density at radius 3 is 2.09 bits per heavy atom. The topological polar surface area (TPSA) is 100 Å². The molecule has 0 unspecified atom stereocenters. The van der Waals surface area contributed by atoms with Gasteiger partial charge in [-0.25, -0.2) is 0 Å². The van der Waals surface area contributed by atoms with E-state index in [0.717, 1.165) is 27.8 Å². The first kappa shape index (κ1) is 22.9. The third kappa shape index (κ3) is 4.12. The van der Waals surface area contributed by atoms with E-state index in [1.54, 1.807) is 55.2 Å². The zero-order chi connectivity index (χ0) is 24.9. The number of pyridine rings is 2. The molecule has 178 valence electrons. The molecular formula is C27H25N3O4S. The van der Waals surface area contributed by atoms with Crippen molar-refractivity contribution in [2.24, 2.45) is 14.1 Å². The number of aromatic amines is 1. The number of nitrogens with zero attached hydrogens (tertiary/aromatic N) is 2. The molecule has 0 aliphatic heterocycles. The van der Waals surface area contributed by atoms with Gasteiger partial charge in [-0.05, 0) is 34.9 Å². The zero-order valence-corrected chi connectivity index (χ0v) is 20.3. The van der Waals surface area contributed by atoms with E-state index in [1.165, 1.54) is 10.8 Å². The molecule has 35 heavy (non-hydrogen) atoms. The van der Waals surface area contributed by atoms with Crippen molar-refractivity contribution in [2.45, 2.75) is 4.90 Å². The van der Waals surface area contributed by atoms with Crippen LogP contribution in [0.15, 0.2) is 93.6 Å². The van der Waals surface area contributed by atoms with E-state index in [4.69, 9.17) is 0 Å². The van der Waals surface area contributed by atoms with E-state index >= 15 is 0 Å². The maximum Gasteiger partial charge on any atom is 0.274 e. The molecule has 0 radical (unpaired) electrons. The Kier molecular flexibility index (Phi) is 5.52. The lowest BCUT2D eigenvalue weighted by Gasteiger charge is -2.26. The largest absolute Gasteiger partial charge is 0.350 e. The normalized spacial score (nSPS) is 12.3.